The molecule has 19 heavy (non-hydrogen) atoms. The average Bonchev–Trinajstić information content (AvgIpc) is 2.41. The standard InChI is InChI=1S/C13H8N2O3S/c14-9-10-6-7-12(13(8-10)19-15(16)17)18-11-4-2-1-3-5-11/h1-8H. The Hall–Kier alpha value is -2.52. The number of hydrogen-bond acceptors (Lipinski definition) is 5. The number of nitrogens with zero attached hydrogens (tertiary/aromatic N) is 2. The molecule has 2 rings (SSSR count). The van der Waals surface area contributed by atoms with Crippen molar-refractivity contribution >= 4 is 11.9 Å². The SMILES string of the molecule is N#Cc1ccc(Oc2ccccc2)c(S[N+](=O)[O-])c1. The third-order valence-corrected chi connectivity index (χ3v) is 2.88. The molecule has 94 valence electrons. The summed E-state index contributed by atoms with van der Waals surface area (Å²) in [6, 6.07) is 15.4. The lowest BCUT2D eigenvalue weighted by Crippen LogP contribution is -1.91. The van der Waals surface area contributed by atoms with Crippen LogP contribution < -0.4 is 4.74 Å². The molecule has 0 aliphatic carbocycles. The minimum Gasteiger partial charge on any atom is -0.456 e. The Bertz CT molecular complexity index is 638. The molecule has 0 bridgehead atoms. The highest BCUT2D eigenvalue weighted by Gasteiger charge is 2.14. The van der Waals surface area contributed by atoms with Gasteiger partial charge in [-0.15, -0.1) is 0 Å². The van der Waals surface area contributed by atoms with Crippen LogP contribution in [0.25, 0.3) is 0 Å². The van der Waals surface area contributed by atoms with Gasteiger partial charge in [0.05, 0.1) is 11.6 Å². The summed E-state index contributed by atoms with van der Waals surface area (Å²) in [4.78, 5) is 10.9. The quantitative estimate of drug-likeness (QED) is 0.482. The highest BCUT2D eigenvalue weighted by Crippen LogP contribution is 2.33. The number of ether oxygens (including phenoxy) is 1. The van der Waals surface area contributed by atoms with E-state index in [0.717, 1.165) is 0 Å². The normalized spacial score (nSPS) is 9.63. The lowest BCUT2D eigenvalue weighted by molar-refractivity contribution is -0.284. The first-order chi connectivity index (χ1) is 9.19. The fourth-order valence-corrected chi connectivity index (χ4v) is 1.97. The van der Waals surface area contributed by atoms with Crippen LogP contribution in [0.4, 0.5) is 0 Å². The van der Waals surface area contributed by atoms with E-state index < -0.39 is 4.33 Å². The van der Waals surface area contributed by atoms with Crippen molar-refractivity contribution in [1.82, 2.24) is 0 Å². The molecule has 0 N–H and O–H groups in total. The predicted octanol–water partition coefficient (Wildman–Crippen LogP) is 3.63. The van der Waals surface area contributed by atoms with Crippen LogP contribution in [0.1, 0.15) is 5.56 Å². The summed E-state index contributed by atoms with van der Waals surface area (Å²) in [5, 5.41) is 19.4. The van der Waals surface area contributed by atoms with Gasteiger partial charge in [0.15, 0.2) is 0 Å². The minimum absolute atomic E-state index is 0.299. The van der Waals surface area contributed by atoms with E-state index >= 15 is 0 Å². The molecule has 0 radical (unpaired) electrons. The Kier molecular flexibility index (Phi) is 4.00. The summed E-state index contributed by atoms with van der Waals surface area (Å²) >= 11 is 0.420. The second-order valence-corrected chi connectivity index (χ2v) is 4.42. The topological polar surface area (TPSA) is 76.2 Å². The van der Waals surface area contributed by atoms with Gasteiger partial charge in [-0.3, -0.25) is 10.1 Å². The zero-order chi connectivity index (χ0) is 13.7. The maximum Gasteiger partial charge on any atom is 0.269 e. The fraction of sp³-hybridized carbons (Fsp3) is 0. The monoisotopic (exact) mass is 272 g/mol. The highest BCUT2D eigenvalue weighted by atomic mass is 32.2. The van der Waals surface area contributed by atoms with E-state index in [1.807, 2.05) is 12.1 Å². The predicted molar refractivity (Wildman–Crippen MR) is 70.5 cm³/mol. The van der Waals surface area contributed by atoms with Crippen LogP contribution in [0.15, 0.2) is 53.4 Å². The van der Waals surface area contributed by atoms with Gasteiger partial charge in [0.1, 0.15) is 20.7 Å². The third-order valence-electron chi connectivity index (χ3n) is 2.22. The van der Waals surface area contributed by atoms with Gasteiger partial charge >= 0.3 is 0 Å². The lowest BCUT2D eigenvalue weighted by atomic mass is 10.2. The molecule has 0 saturated carbocycles. The van der Waals surface area contributed by atoms with E-state index in [0.29, 0.717) is 33.9 Å². The van der Waals surface area contributed by atoms with E-state index in [4.69, 9.17) is 10.00 Å². The maximum atomic E-state index is 10.6. The molecule has 0 unspecified atom stereocenters. The van der Waals surface area contributed by atoms with Crippen molar-refractivity contribution in [1.29, 1.82) is 5.26 Å². The van der Waals surface area contributed by atoms with E-state index in [1.54, 1.807) is 36.4 Å². The molecule has 5 nitrogen and oxygen atoms in total. The molecule has 2 aromatic carbocycles. The van der Waals surface area contributed by atoms with Gasteiger partial charge < -0.3 is 4.74 Å². The molecule has 0 fully saturated rings. The summed E-state index contributed by atoms with van der Waals surface area (Å²) in [5.74, 6) is 0.935. The molecular weight excluding hydrogens is 264 g/mol. The molecule has 0 amide bonds. The van der Waals surface area contributed by atoms with Crippen LogP contribution >= 0.6 is 11.9 Å². The van der Waals surface area contributed by atoms with E-state index in [2.05, 4.69) is 0 Å². The van der Waals surface area contributed by atoms with Crippen LogP contribution in [0.3, 0.4) is 0 Å². The summed E-state index contributed by atoms with van der Waals surface area (Å²) < 4.78 is 5.04. The van der Waals surface area contributed by atoms with Gasteiger partial charge in [-0.1, -0.05) is 18.2 Å². The number of nitriles is 1. The molecule has 6 heteroatoms. The molecule has 0 aromatic heterocycles. The molecule has 0 atom stereocenters. The number of rotatable bonds is 4. The van der Waals surface area contributed by atoms with Crippen molar-refractivity contribution in [3.05, 3.63) is 64.2 Å². The van der Waals surface area contributed by atoms with Crippen LogP contribution in [-0.4, -0.2) is 4.33 Å². The molecule has 2 aromatic rings. The highest BCUT2D eigenvalue weighted by molar-refractivity contribution is 7.93. The second-order valence-electron chi connectivity index (χ2n) is 3.50. The van der Waals surface area contributed by atoms with Crippen molar-refractivity contribution in [2.75, 3.05) is 0 Å². The van der Waals surface area contributed by atoms with E-state index in [1.165, 1.54) is 6.07 Å². The van der Waals surface area contributed by atoms with Gasteiger partial charge in [-0.05, 0) is 30.3 Å². The van der Waals surface area contributed by atoms with Crippen LogP contribution in [0.5, 0.6) is 11.5 Å². The van der Waals surface area contributed by atoms with Crippen molar-refractivity contribution in [3.8, 4) is 17.6 Å². The average molecular weight is 272 g/mol. The Labute approximate surface area is 113 Å². The number of benzene rings is 2. The molecule has 0 aliphatic heterocycles. The van der Waals surface area contributed by atoms with Gasteiger partial charge in [0, 0.05) is 0 Å². The number of hydrogen-bond donors (Lipinski definition) is 0. The van der Waals surface area contributed by atoms with Crippen molar-refractivity contribution in [3.63, 3.8) is 0 Å². The van der Waals surface area contributed by atoms with Gasteiger partial charge in [0.25, 0.3) is 11.9 Å². The molecular formula is C13H8N2O3S. The van der Waals surface area contributed by atoms with Crippen LogP contribution in [0, 0.1) is 21.4 Å². The van der Waals surface area contributed by atoms with Crippen LogP contribution in [0.2, 0.25) is 0 Å². The fourth-order valence-electron chi connectivity index (χ4n) is 1.43. The summed E-state index contributed by atoms with van der Waals surface area (Å²) in [7, 11) is 0. The lowest BCUT2D eigenvalue weighted by Gasteiger charge is -2.07. The molecule has 0 saturated heterocycles. The Morgan fingerprint density at radius 3 is 2.58 bits per heavy atom. The smallest absolute Gasteiger partial charge is 0.269 e. The Morgan fingerprint density at radius 1 is 1.21 bits per heavy atom. The van der Waals surface area contributed by atoms with Gasteiger partial charge in [-0.2, -0.15) is 5.26 Å². The molecule has 0 heterocycles. The summed E-state index contributed by atoms with van der Waals surface area (Å²) in [5.41, 5.74) is 0.352. The maximum absolute atomic E-state index is 10.6. The molecule has 0 aliphatic rings. The summed E-state index contributed by atoms with van der Waals surface area (Å²) in [6.07, 6.45) is 0. The summed E-state index contributed by atoms with van der Waals surface area (Å²) in [6.45, 7) is 0. The van der Waals surface area contributed by atoms with Crippen molar-refractivity contribution in [2.45, 2.75) is 4.90 Å². The first kappa shape index (κ1) is 12.9. The Morgan fingerprint density at radius 2 is 1.95 bits per heavy atom. The first-order valence-corrected chi connectivity index (χ1v) is 6.06. The minimum atomic E-state index is -0.533. The van der Waals surface area contributed by atoms with Crippen LogP contribution in [-0.2, 0) is 0 Å². The molecule has 0 spiro atoms. The van der Waals surface area contributed by atoms with E-state index in [-0.39, 0.29) is 0 Å². The van der Waals surface area contributed by atoms with Crippen molar-refractivity contribution < 1.29 is 9.07 Å². The van der Waals surface area contributed by atoms with Gasteiger partial charge in [0.2, 0.25) is 0 Å². The number of nitro groups is 1. The zero-order valence-electron chi connectivity index (χ0n) is 9.65. The largest absolute Gasteiger partial charge is 0.456 e. The van der Waals surface area contributed by atoms with Crippen molar-refractivity contribution in [2.24, 2.45) is 0 Å². The zero-order valence-corrected chi connectivity index (χ0v) is 10.5. The second kappa shape index (κ2) is 5.89. The Balaban J connectivity index is 2.34. The first-order valence-electron chi connectivity index (χ1n) is 5.28. The van der Waals surface area contributed by atoms with E-state index in [9.17, 15) is 10.1 Å². The van der Waals surface area contributed by atoms with Gasteiger partial charge in [-0.25, -0.2) is 0 Å². The third kappa shape index (κ3) is 3.47. The number of para-hydroxylation sites is 1.